The molecule has 1 aromatic carbocycles. The highest BCUT2D eigenvalue weighted by Crippen LogP contribution is 2.21. The Morgan fingerprint density at radius 3 is 2.67 bits per heavy atom. The molecule has 0 aliphatic carbocycles. The molecular weight excluding hydrogens is 195 g/mol. The highest BCUT2D eigenvalue weighted by Gasteiger charge is 2.09. The Morgan fingerprint density at radius 1 is 1.40 bits per heavy atom. The lowest BCUT2D eigenvalue weighted by molar-refractivity contribution is -0.135. The average molecular weight is 210 g/mol. The van der Waals surface area contributed by atoms with Crippen molar-refractivity contribution in [3.63, 3.8) is 0 Å². The van der Waals surface area contributed by atoms with Crippen LogP contribution < -0.4 is 4.74 Å². The average Bonchev–Trinajstić information content (AvgIpc) is 2.20. The van der Waals surface area contributed by atoms with Crippen LogP contribution in [0.1, 0.15) is 19.4 Å². The molecule has 15 heavy (non-hydrogen) atoms. The first-order valence-electron chi connectivity index (χ1n) is 4.98. The van der Waals surface area contributed by atoms with Crippen molar-refractivity contribution in [2.24, 2.45) is 5.92 Å². The molecule has 0 unspecified atom stereocenters. The number of halogens is 1. The summed E-state index contributed by atoms with van der Waals surface area (Å²) in [6.07, 6.45) is 0.815. The fourth-order valence-corrected chi connectivity index (χ4v) is 1.36. The third-order valence-corrected chi connectivity index (χ3v) is 1.93. The molecule has 2 nitrogen and oxygen atoms in total. The largest absolute Gasteiger partial charge is 0.424 e. The fourth-order valence-electron chi connectivity index (χ4n) is 1.36. The van der Waals surface area contributed by atoms with E-state index < -0.39 is 12.6 Å². The summed E-state index contributed by atoms with van der Waals surface area (Å²) >= 11 is 0. The molecule has 0 spiro atoms. The van der Waals surface area contributed by atoms with E-state index in [2.05, 4.69) is 13.8 Å². The molecule has 0 radical (unpaired) electrons. The van der Waals surface area contributed by atoms with Crippen molar-refractivity contribution in [2.75, 3.05) is 6.67 Å². The molecule has 0 atom stereocenters. The summed E-state index contributed by atoms with van der Waals surface area (Å²) in [5.74, 6) is 0.0929. The zero-order valence-corrected chi connectivity index (χ0v) is 9.00. The van der Waals surface area contributed by atoms with E-state index in [0.29, 0.717) is 11.7 Å². The van der Waals surface area contributed by atoms with Gasteiger partial charge in [-0.15, -0.1) is 0 Å². The second-order valence-electron chi connectivity index (χ2n) is 3.81. The van der Waals surface area contributed by atoms with Gasteiger partial charge in [-0.25, -0.2) is 9.18 Å². The van der Waals surface area contributed by atoms with Crippen molar-refractivity contribution < 1.29 is 13.9 Å². The summed E-state index contributed by atoms with van der Waals surface area (Å²) in [7, 11) is 0. The first kappa shape index (κ1) is 11.7. The van der Waals surface area contributed by atoms with Gasteiger partial charge in [0.05, 0.1) is 0 Å². The van der Waals surface area contributed by atoms with E-state index in [4.69, 9.17) is 4.74 Å². The Labute approximate surface area is 89.1 Å². The Kier molecular flexibility index (Phi) is 4.28. The summed E-state index contributed by atoms with van der Waals surface area (Å²) in [5.41, 5.74) is 0.939. The van der Waals surface area contributed by atoms with E-state index in [1.54, 1.807) is 12.1 Å². The van der Waals surface area contributed by atoms with Crippen molar-refractivity contribution in [1.29, 1.82) is 0 Å². The summed E-state index contributed by atoms with van der Waals surface area (Å²) in [4.78, 5) is 10.8. The van der Waals surface area contributed by atoms with Crippen LogP contribution in [0.15, 0.2) is 24.3 Å². The molecule has 3 heteroatoms. The second kappa shape index (κ2) is 5.49. The highest BCUT2D eigenvalue weighted by molar-refractivity contribution is 5.73. The van der Waals surface area contributed by atoms with Crippen LogP contribution >= 0.6 is 0 Å². The normalized spacial score (nSPS) is 10.4. The first-order valence-corrected chi connectivity index (χ1v) is 4.98. The number of rotatable bonds is 4. The minimum absolute atomic E-state index is 0.467. The van der Waals surface area contributed by atoms with E-state index in [1.165, 1.54) is 0 Å². The minimum atomic E-state index is -1.09. The van der Waals surface area contributed by atoms with Crippen LogP contribution in [0.2, 0.25) is 0 Å². The maximum Gasteiger partial charge on any atom is 0.342 e. The Morgan fingerprint density at radius 2 is 2.07 bits per heavy atom. The van der Waals surface area contributed by atoms with Gasteiger partial charge in [0.25, 0.3) is 0 Å². The number of para-hydroxylation sites is 1. The Bertz CT molecular complexity index is 334. The first-order chi connectivity index (χ1) is 7.13. The molecule has 0 saturated heterocycles. The number of hydrogen-bond donors (Lipinski definition) is 0. The van der Waals surface area contributed by atoms with Crippen LogP contribution in [-0.4, -0.2) is 12.6 Å². The lowest BCUT2D eigenvalue weighted by atomic mass is 10.0. The zero-order chi connectivity index (χ0) is 11.3. The van der Waals surface area contributed by atoms with Crippen molar-refractivity contribution in [2.45, 2.75) is 20.3 Å². The quantitative estimate of drug-likeness (QED) is 0.564. The lowest BCUT2D eigenvalue weighted by Gasteiger charge is -2.10. The van der Waals surface area contributed by atoms with Gasteiger partial charge < -0.3 is 4.74 Å². The predicted octanol–water partition coefficient (Wildman–Crippen LogP) is 2.76. The van der Waals surface area contributed by atoms with Crippen LogP contribution in [0.3, 0.4) is 0 Å². The van der Waals surface area contributed by atoms with Crippen LogP contribution in [0.5, 0.6) is 5.75 Å². The number of esters is 1. The third-order valence-electron chi connectivity index (χ3n) is 1.93. The van der Waals surface area contributed by atoms with Gasteiger partial charge >= 0.3 is 5.97 Å². The number of ether oxygens (including phenoxy) is 1. The maximum absolute atomic E-state index is 12.0. The highest BCUT2D eigenvalue weighted by atomic mass is 19.1. The van der Waals surface area contributed by atoms with Crippen molar-refractivity contribution in [3.05, 3.63) is 29.8 Å². The van der Waals surface area contributed by atoms with Crippen LogP contribution in [0.4, 0.5) is 4.39 Å². The van der Waals surface area contributed by atoms with Crippen LogP contribution in [-0.2, 0) is 11.2 Å². The molecule has 1 rings (SSSR count). The van der Waals surface area contributed by atoms with Gasteiger partial charge in [0.2, 0.25) is 0 Å². The summed E-state index contributed by atoms with van der Waals surface area (Å²) < 4.78 is 16.9. The molecular formula is C12H15FO2. The Balaban J connectivity index is 2.81. The van der Waals surface area contributed by atoms with E-state index in [0.717, 1.165) is 12.0 Å². The van der Waals surface area contributed by atoms with Gasteiger partial charge in [0.15, 0.2) is 6.67 Å². The number of carbonyl (C=O) groups excluding carboxylic acids is 1. The summed E-state index contributed by atoms with van der Waals surface area (Å²) in [6, 6.07) is 7.22. The molecule has 0 saturated carbocycles. The smallest absolute Gasteiger partial charge is 0.342 e. The van der Waals surface area contributed by atoms with Crippen molar-refractivity contribution in [1.82, 2.24) is 0 Å². The molecule has 0 fully saturated rings. The van der Waals surface area contributed by atoms with Gasteiger partial charge in [0, 0.05) is 0 Å². The molecule has 0 aliphatic rings. The van der Waals surface area contributed by atoms with Gasteiger partial charge in [0.1, 0.15) is 5.75 Å². The molecule has 0 amide bonds. The van der Waals surface area contributed by atoms with E-state index in [-0.39, 0.29) is 0 Å². The molecule has 82 valence electrons. The molecule has 0 aromatic heterocycles. The number of benzene rings is 1. The number of alkyl halides is 1. The molecule has 1 aromatic rings. The van der Waals surface area contributed by atoms with Crippen molar-refractivity contribution >= 4 is 5.97 Å². The van der Waals surface area contributed by atoms with Gasteiger partial charge in [-0.1, -0.05) is 32.0 Å². The third kappa shape index (κ3) is 3.70. The predicted molar refractivity (Wildman–Crippen MR) is 56.6 cm³/mol. The van der Waals surface area contributed by atoms with Crippen molar-refractivity contribution in [3.8, 4) is 5.75 Å². The standard InChI is InChI=1S/C12H15FO2/c1-9(2)7-10-5-3-4-6-11(10)15-12(14)8-13/h3-6,9H,7-8H2,1-2H3. The van der Waals surface area contributed by atoms with Crippen LogP contribution in [0.25, 0.3) is 0 Å². The topological polar surface area (TPSA) is 26.3 Å². The summed E-state index contributed by atoms with van der Waals surface area (Å²) in [5, 5.41) is 0. The van der Waals surface area contributed by atoms with E-state index >= 15 is 0 Å². The number of carbonyl (C=O) groups is 1. The second-order valence-corrected chi connectivity index (χ2v) is 3.81. The number of hydrogen-bond acceptors (Lipinski definition) is 2. The molecule has 0 aliphatic heterocycles. The lowest BCUT2D eigenvalue weighted by Crippen LogP contribution is -2.11. The van der Waals surface area contributed by atoms with E-state index in [1.807, 2.05) is 12.1 Å². The SMILES string of the molecule is CC(C)Cc1ccccc1OC(=O)CF. The van der Waals surface area contributed by atoms with Gasteiger partial charge in [-0.2, -0.15) is 0 Å². The van der Waals surface area contributed by atoms with Crippen LogP contribution in [0, 0.1) is 5.92 Å². The maximum atomic E-state index is 12.0. The zero-order valence-electron chi connectivity index (χ0n) is 9.00. The fraction of sp³-hybridized carbons (Fsp3) is 0.417. The van der Waals surface area contributed by atoms with E-state index in [9.17, 15) is 9.18 Å². The minimum Gasteiger partial charge on any atom is -0.424 e. The van der Waals surface area contributed by atoms with Gasteiger partial charge in [-0.05, 0) is 24.0 Å². The monoisotopic (exact) mass is 210 g/mol. The molecule has 0 bridgehead atoms. The summed E-state index contributed by atoms with van der Waals surface area (Å²) in [6.45, 7) is 3.07. The van der Waals surface area contributed by atoms with Gasteiger partial charge in [-0.3, -0.25) is 0 Å². The molecule has 0 heterocycles. The molecule has 0 N–H and O–H groups in total. The Hall–Kier alpha value is -1.38.